The number of nitrogens with one attached hydrogen (secondary N) is 1. The van der Waals surface area contributed by atoms with Crippen molar-refractivity contribution in [1.29, 1.82) is 0 Å². The van der Waals surface area contributed by atoms with Crippen LogP contribution in [0.5, 0.6) is 0 Å². The maximum atomic E-state index is 13.4. The SMILES string of the molecule is Cc1ccccc1-n1nc(C(C)(C)C)cc1NC(=O)CN(C)C(=O)c1cccc(F)c1. The van der Waals surface area contributed by atoms with E-state index in [1.54, 1.807) is 4.68 Å². The van der Waals surface area contributed by atoms with Gasteiger partial charge in [0.2, 0.25) is 5.91 Å². The molecule has 0 aliphatic rings. The lowest BCUT2D eigenvalue weighted by molar-refractivity contribution is -0.116. The monoisotopic (exact) mass is 422 g/mol. The third-order valence-corrected chi connectivity index (χ3v) is 4.89. The lowest BCUT2D eigenvalue weighted by Crippen LogP contribution is -2.35. The molecule has 0 atom stereocenters. The van der Waals surface area contributed by atoms with E-state index in [0.717, 1.165) is 23.0 Å². The predicted molar refractivity (Wildman–Crippen MR) is 119 cm³/mol. The van der Waals surface area contributed by atoms with Crippen LogP contribution in [0.25, 0.3) is 5.69 Å². The fourth-order valence-corrected chi connectivity index (χ4v) is 3.13. The molecule has 0 spiro atoms. The van der Waals surface area contributed by atoms with Gasteiger partial charge in [0.25, 0.3) is 5.91 Å². The minimum atomic E-state index is -0.499. The van der Waals surface area contributed by atoms with Crippen molar-refractivity contribution in [3.63, 3.8) is 0 Å². The van der Waals surface area contributed by atoms with Crippen molar-refractivity contribution in [1.82, 2.24) is 14.7 Å². The highest BCUT2D eigenvalue weighted by atomic mass is 19.1. The zero-order valence-corrected chi connectivity index (χ0v) is 18.4. The largest absolute Gasteiger partial charge is 0.332 e. The number of amides is 2. The molecule has 0 fully saturated rings. The van der Waals surface area contributed by atoms with Gasteiger partial charge in [0, 0.05) is 24.1 Å². The summed E-state index contributed by atoms with van der Waals surface area (Å²) in [4.78, 5) is 26.5. The summed E-state index contributed by atoms with van der Waals surface area (Å²) in [5, 5.41) is 7.59. The first-order valence-electron chi connectivity index (χ1n) is 10.0. The summed E-state index contributed by atoms with van der Waals surface area (Å²) < 4.78 is 15.1. The highest BCUT2D eigenvalue weighted by Gasteiger charge is 2.23. The first kappa shape index (κ1) is 22.2. The van der Waals surface area contributed by atoms with Crippen molar-refractivity contribution in [3.05, 3.63) is 77.2 Å². The van der Waals surface area contributed by atoms with E-state index >= 15 is 0 Å². The molecule has 0 radical (unpaired) electrons. The molecule has 7 heteroatoms. The van der Waals surface area contributed by atoms with Gasteiger partial charge in [0.15, 0.2) is 0 Å². The zero-order valence-electron chi connectivity index (χ0n) is 18.4. The number of carbonyl (C=O) groups excluding carboxylic acids is 2. The van der Waals surface area contributed by atoms with Gasteiger partial charge in [-0.1, -0.05) is 45.0 Å². The number of hydrogen-bond acceptors (Lipinski definition) is 3. The predicted octanol–water partition coefficient (Wildman–Crippen LogP) is 4.33. The Hall–Kier alpha value is -3.48. The van der Waals surface area contributed by atoms with Gasteiger partial charge in [-0.3, -0.25) is 9.59 Å². The summed E-state index contributed by atoms with van der Waals surface area (Å²) >= 11 is 0. The van der Waals surface area contributed by atoms with Crippen LogP contribution in [0.2, 0.25) is 0 Å². The Morgan fingerprint density at radius 3 is 2.45 bits per heavy atom. The van der Waals surface area contributed by atoms with Crippen LogP contribution in [0, 0.1) is 12.7 Å². The van der Waals surface area contributed by atoms with E-state index in [1.165, 1.54) is 30.1 Å². The molecule has 1 aromatic heterocycles. The van der Waals surface area contributed by atoms with Gasteiger partial charge in [-0.05, 0) is 36.8 Å². The molecule has 31 heavy (non-hydrogen) atoms. The quantitative estimate of drug-likeness (QED) is 0.666. The Labute approximate surface area is 181 Å². The van der Waals surface area contributed by atoms with Crippen molar-refractivity contribution in [3.8, 4) is 5.69 Å². The number of aromatic nitrogens is 2. The number of aryl methyl sites for hydroxylation is 1. The van der Waals surface area contributed by atoms with Crippen molar-refractivity contribution in [2.75, 3.05) is 18.9 Å². The highest BCUT2D eigenvalue weighted by molar-refractivity contribution is 5.99. The topological polar surface area (TPSA) is 67.2 Å². The van der Waals surface area contributed by atoms with Gasteiger partial charge in [0.05, 0.1) is 17.9 Å². The van der Waals surface area contributed by atoms with Crippen LogP contribution in [0.4, 0.5) is 10.2 Å². The standard InChI is InChI=1S/C24H27FN4O2/c1-16-9-6-7-12-19(16)29-21(14-20(27-29)24(2,3)4)26-22(30)15-28(5)23(31)17-10-8-11-18(25)13-17/h6-14H,15H2,1-5H3,(H,26,30). The Balaban J connectivity index is 1.83. The number of para-hydroxylation sites is 1. The Bertz CT molecular complexity index is 1110. The van der Waals surface area contributed by atoms with E-state index in [0.29, 0.717) is 5.82 Å². The van der Waals surface area contributed by atoms with E-state index in [4.69, 9.17) is 5.10 Å². The van der Waals surface area contributed by atoms with Gasteiger partial charge in [-0.15, -0.1) is 0 Å². The molecule has 0 aliphatic heterocycles. The fraction of sp³-hybridized carbons (Fsp3) is 0.292. The number of carbonyl (C=O) groups is 2. The summed E-state index contributed by atoms with van der Waals surface area (Å²) in [5.41, 5.74) is 2.68. The highest BCUT2D eigenvalue weighted by Crippen LogP contribution is 2.27. The lowest BCUT2D eigenvalue weighted by atomic mass is 9.92. The second-order valence-electron chi connectivity index (χ2n) is 8.58. The van der Waals surface area contributed by atoms with E-state index in [-0.39, 0.29) is 23.4 Å². The van der Waals surface area contributed by atoms with Gasteiger partial charge in [-0.25, -0.2) is 9.07 Å². The average Bonchev–Trinajstić information content (AvgIpc) is 3.11. The maximum Gasteiger partial charge on any atom is 0.254 e. The normalized spacial score (nSPS) is 11.3. The van der Waals surface area contributed by atoms with Crippen LogP contribution in [-0.2, 0) is 10.2 Å². The van der Waals surface area contributed by atoms with E-state index in [2.05, 4.69) is 26.1 Å². The fourth-order valence-electron chi connectivity index (χ4n) is 3.13. The van der Waals surface area contributed by atoms with Crippen LogP contribution in [0.15, 0.2) is 54.6 Å². The Kier molecular flexibility index (Phi) is 6.24. The molecule has 3 rings (SSSR count). The molecule has 0 aliphatic carbocycles. The van der Waals surface area contributed by atoms with Crippen molar-refractivity contribution < 1.29 is 14.0 Å². The first-order valence-corrected chi connectivity index (χ1v) is 10.0. The van der Waals surface area contributed by atoms with E-state index in [9.17, 15) is 14.0 Å². The number of nitrogens with zero attached hydrogens (tertiary/aromatic N) is 3. The van der Waals surface area contributed by atoms with E-state index in [1.807, 2.05) is 37.3 Å². The van der Waals surface area contributed by atoms with Crippen LogP contribution in [-0.4, -0.2) is 40.1 Å². The molecule has 2 aromatic carbocycles. The van der Waals surface area contributed by atoms with Crippen molar-refractivity contribution in [2.45, 2.75) is 33.1 Å². The van der Waals surface area contributed by atoms with Crippen LogP contribution < -0.4 is 5.32 Å². The third-order valence-electron chi connectivity index (χ3n) is 4.89. The molecule has 6 nitrogen and oxygen atoms in total. The molecule has 3 aromatic rings. The summed E-state index contributed by atoms with van der Waals surface area (Å²) in [5.74, 6) is -0.781. The lowest BCUT2D eigenvalue weighted by Gasteiger charge is -2.17. The van der Waals surface area contributed by atoms with Crippen molar-refractivity contribution in [2.24, 2.45) is 0 Å². The van der Waals surface area contributed by atoms with Gasteiger partial charge in [0.1, 0.15) is 11.6 Å². The number of anilines is 1. The molecule has 0 bridgehead atoms. The Morgan fingerprint density at radius 1 is 1.10 bits per heavy atom. The summed E-state index contributed by atoms with van der Waals surface area (Å²) in [6, 6.07) is 15.0. The zero-order chi connectivity index (χ0) is 22.8. The van der Waals surface area contributed by atoms with Crippen LogP contribution in [0.3, 0.4) is 0 Å². The smallest absolute Gasteiger partial charge is 0.254 e. The molecule has 1 heterocycles. The molecule has 0 saturated heterocycles. The minimum absolute atomic E-state index is 0.181. The number of halogens is 1. The van der Waals surface area contributed by atoms with Gasteiger partial charge < -0.3 is 10.2 Å². The molecular weight excluding hydrogens is 395 g/mol. The van der Waals surface area contributed by atoms with Crippen molar-refractivity contribution >= 4 is 17.6 Å². The minimum Gasteiger partial charge on any atom is -0.332 e. The maximum absolute atomic E-state index is 13.4. The third kappa shape index (κ3) is 5.17. The summed E-state index contributed by atoms with van der Waals surface area (Å²) in [6.07, 6.45) is 0. The Morgan fingerprint density at radius 2 is 1.81 bits per heavy atom. The molecular formula is C24H27FN4O2. The van der Waals surface area contributed by atoms with Gasteiger partial charge >= 0.3 is 0 Å². The second kappa shape index (κ2) is 8.71. The van der Waals surface area contributed by atoms with Crippen LogP contribution in [0.1, 0.15) is 42.4 Å². The first-order chi connectivity index (χ1) is 14.6. The number of likely N-dealkylation sites (N-methyl/N-ethyl adjacent to an activating group) is 1. The molecule has 0 saturated carbocycles. The second-order valence-corrected chi connectivity index (χ2v) is 8.58. The molecule has 162 valence electrons. The molecule has 0 unspecified atom stereocenters. The summed E-state index contributed by atoms with van der Waals surface area (Å²) in [7, 11) is 1.51. The number of rotatable bonds is 5. The van der Waals surface area contributed by atoms with Crippen LogP contribution >= 0.6 is 0 Å². The summed E-state index contributed by atoms with van der Waals surface area (Å²) in [6.45, 7) is 7.95. The van der Waals surface area contributed by atoms with Gasteiger partial charge in [-0.2, -0.15) is 5.10 Å². The number of benzene rings is 2. The molecule has 1 N–H and O–H groups in total. The average molecular weight is 423 g/mol. The number of hydrogen-bond donors (Lipinski definition) is 1. The van der Waals surface area contributed by atoms with E-state index < -0.39 is 11.7 Å². The molecule has 2 amide bonds.